The Labute approximate surface area is 151 Å². The molecule has 2 heterocycles. The van der Waals surface area contributed by atoms with E-state index in [1.807, 2.05) is 0 Å². The van der Waals surface area contributed by atoms with Gasteiger partial charge < -0.3 is 4.74 Å². The predicted molar refractivity (Wildman–Crippen MR) is 93.2 cm³/mol. The summed E-state index contributed by atoms with van der Waals surface area (Å²) in [5, 5.41) is 6.86. The first-order chi connectivity index (χ1) is 12.6. The zero-order chi connectivity index (χ0) is 18.5. The van der Waals surface area contributed by atoms with E-state index in [1.165, 1.54) is 12.1 Å². The summed E-state index contributed by atoms with van der Waals surface area (Å²) < 4.78 is 32.4. The number of piperidine rings is 1. The van der Waals surface area contributed by atoms with Crippen LogP contribution in [0.25, 0.3) is 11.3 Å². The zero-order valence-corrected chi connectivity index (χ0v) is 14.8. The molecule has 1 atom stereocenters. The summed E-state index contributed by atoms with van der Waals surface area (Å²) in [7, 11) is 0. The first-order valence-corrected chi connectivity index (χ1v) is 8.95. The number of nitrogens with zero attached hydrogens (tertiary/aromatic N) is 2. The van der Waals surface area contributed by atoms with Gasteiger partial charge in [0.2, 0.25) is 0 Å². The minimum absolute atomic E-state index is 0.101. The number of carbonyl (C=O) groups is 1. The van der Waals surface area contributed by atoms with Crippen LogP contribution in [0, 0.1) is 11.6 Å². The molecular weight excluding hydrogens is 340 g/mol. The predicted octanol–water partition coefficient (Wildman–Crippen LogP) is 3.66. The molecule has 0 saturated carbocycles. The first kappa shape index (κ1) is 18.5. The molecule has 2 aromatic rings. The molecule has 0 spiro atoms. The van der Waals surface area contributed by atoms with Crippen molar-refractivity contribution in [2.45, 2.75) is 45.2 Å². The third-order valence-corrected chi connectivity index (χ3v) is 4.75. The number of hydrogen-bond acceptors (Lipinski definition) is 4. The highest BCUT2D eigenvalue weighted by Gasteiger charge is 2.26. The average molecular weight is 363 g/mol. The summed E-state index contributed by atoms with van der Waals surface area (Å²) in [5.74, 6) is -1.43. The quantitative estimate of drug-likeness (QED) is 0.796. The van der Waals surface area contributed by atoms with E-state index in [9.17, 15) is 13.6 Å². The SMILES string of the molecule is CCOC(=O)C[C@H]1CCCCN1Cc1cn[nH]c1-c1ccc(F)cc1F. The Morgan fingerprint density at radius 1 is 1.38 bits per heavy atom. The second-order valence-electron chi connectivity index (χ2n) is 6.52. The van der Waals surface area contributed by atoms with Gasteiger partial charge in [0, 0.05) is 29.8 Å². The Kier molecular flexibility index (Phi) is 5.98. The monoisotopic (exact) mass is 363 g/mol. The molecule has 1 N–H and O–H groups in total. The Morgan fingerprint density at radius 3 is 3.00 bits per heavy atom. The smallest absolute Gasteiger partial charge is 0.307 e. The van der Waals surface area contributed by atoms with Crippen molar-refractivity contribution in [3.63, 3.8) is 0 Å². The minimum atomic E-state index is -0.628. The maximum absolute atomic E-state index is 14.1. The van der Waals surface area contributed by atoms with Crippen molar-refractivity contribution in [1.82, 2.24) is 15.1 Å². The van der Waals surface area contributed by atoms with Gasteiger partial charge in [0.1, 0.15) is 11.6 Å². The largest absolute Gasteiger partial charge is 0.466 e. The molecule has 1 fully saturated rings. The van der Waals surface area contributed by atoms with E-state index in [-0.39, 0.29) is 17.6 Å². The average Bonchev–Trinajstić information content (AvgIpc) is 3.05. The Balaban J connectivity index is 1.77. The van der Waals surface area contributed by atoms with Crippen LogP contribution < -0.4 is 0 Å². The number of aromatic amines is 1. The number of rotatable bonds is 6. The molecule has 5 nitrogen and oxygen atoms in total. The van der Waals surface area contributed by atoms with E-state index in [1.54, 1.807) is 13.1 Å². The highest BCUT2D eigenvalue weighted by Crippen LogP contribution is 2.28. The lowest BCUT2D eigenvalue weighted by atomic mass is 9.98. The number of likely N-dealkylation sites (tertiary alicyclic amines) is 1. The number of hydrogen-bond donors (Lipinski definition) is 1. The number of esters is 1. The first-order valence-electron chi connectivity index (χ1n) is 8.95. The van der Waals surface area contributed by atoms with Gasteiger partial charge in [-0.1, -0.05) is 6.42 Å². The molecule has 26 heavy (non-hydrogen) atoms. The van der Waals surface area contributed by atoms with Gasteiger partial charge in [-0.2, -0.15) is 5.10 Å². The Bertz CT molecular complexity index is 763. The van der Waals surface area contributed by atoms with Crippen molar-refractivity contribution in [2.75, 3.05) is 13.2 Å². The number of H-pyrrole nitrogens is 1. The summed E-state index contributed by atoms with van der Waals surface area (Å²) in [5.41, 5.74) is 1.66. The number of benzene rings is 1. The van der Waals surface area contributed by atoms with Crippen molar-refractivity contribution in [2.24, 2.45) is 0 Å². The van der Waals surface area contributed by atoms with Crippen LogP contribution in [0.3, 0.4) is 0 Å². The third kappa shape index (κ3) is 4.27. The van der Waals surface area contributed by atoms with Crippen molar-refractivity contribution < 1.29 is 18.3 Å². The van der Waals surface area contributed by atoms with Crippen molar-refractivity contribution in [3.05, 3.63) is 41.6 Å². The van der Waals surface area contributed by atoms with Gasteiger partial charge >= 0.3 is 5.97 Å². The molecule has 1 aromatic carbocycles. The molecule has 0 unspecified atom stereocenters. The lowest BCUT2D eigenvalue weighted by Gasteiger charge is -2.35. The van der Waals surface area contributed by atoms with E-state index in [0.717, 1.165) is 37.4 Å². The van der Waals surface area contributed by atoms with Gasteiger partial charge in [-0.15, -0.1) is 0 Å². The normalized spacial score (nSPS) is 18.0. The number of nitrogens with one attached hydrogen (secondary N) is 1. The highest BCUT2D eigenvalue weighted by molar-refractivity contribution is 5.70. The van der Waals surface area contributed by atoms with Crippen LogP contribution in [0.5, 0.6) is 0 Å². The lowest BCUT2D eigenvalue weighted by Crippen LogP contribution is -2.40. The van der Waals surface area contributed by atoms with Gasteiger partial charge in [0.15, 0.2) is 0 Å². The summed E-state index contributed by atoms with van der Waals surface area (Å²) in [6.45, 7) is 3.58. The third-order valence-electron chi connectivity index (χ3n) is 4.75. The standard InChI is InChI=1S/C19H23F2N3O2/c1-2-26-18(25)10-15-5-3-4-8-24(15)12-13-11-22-23-19(13)16-7-6-14(20)9-17(16)21/h6-7,9,11,15H,2-5,8,10,12H2,1H3,(H,22,23)/t15-/m1/s1. The van der Waals surface area contributed by atoms with E-state index >= 15 is 0 Å². The topological polar surface area (TPSA) is 58.2 Å². The maximum atomic E-state index is 14.1. The summed E-state index contributed by atoms with van der Waals surface area (Å²) in [6, 6.07) is 3.61. The van der Waals surface area contributed by atoms with Crippen LogP contribution in [0.2, 0.25) is 0 Å². The van der Waals surface area contributed by atoms with Crippen molar-refractivity contribution >= 4 is 5.97 Å². The number of carbonyl (C=O) groups excluding carboxylic acids is 1. The fourth-order valence-corrected chi connectivity index (χ4v) is 3.49. The summed E-state index contributed by atoms with van der Waals surface area (Å²) >= 11 is 0. The van der Waals surface area contributed by atoms with Crippen LogP contribution in [0.4, 0.5) is 8.78 Å². The van der Waals surface area contributed by atoms with Crippen LogP contribution in [0.15, 0.2) is 24.4 Å². The van der Waals surface area contributed by atoms with Crippen LogP contribution in [-0.4, -0.2) is 40.3 Å². The zero-order valence-electron chi connectivity index (χ0n) is 14.8. The molecule has 1 saturated heterocycles. The minimum Gasteiger partial charge on any atom is -0.466 e. The molecular formula is C19H23F2N3O2. The fraction of sp³-hybridized carbons (Fsp3) is 0.474. The molecule has 140 valence electrons. The lowest BCUT2D eigenvalue weighted by molar-refractivity contribution is -0.145. The summed E-state index contributed by atoms with van der Waals surface area (Å²) in [4.78, 5) is 14.1. The van der Waals surface area contributed by atoms with Gasteiger partial charge in [-0.3, -0.25) is 14.8 Å². The molecule has 1 aliphatic rings. The maximum Gasteiger partial charge on any atom is 0.307 e. The van der Waals surface area contributed by atoms with Gasteiger partial charge in [-0.25, -0.2) is 8.78 Å². The van der Waals surface area contributed by atoms with Gasteiger partial charge in [0.05, 0.1) is 24.9 Å². The number of ether oxygens (including phenoxy) is 1. The number of halogens is 2. The van der Waals surface area contributed by atoms with Crippen molar-refractivity contribution in [3.8, 4) is 11.3 Å². The second-order valence-corrected chi connectivity index (χ2v) is 6.52. The van der Waals surface area contributed by atoms with Crippen molar-refractivity contribution in [1.29, 1.82) is 0 Å². The molecule has 0 bridgehead atoms. The molecule has 7 heteroatoms. The molecule has 3 rings (SSSR count). The second kappa shape index (κ2) is 8.40. The summed E-state index contributed by atoms with van der Waals surface area (Å²) in [6.07, 6.45) is 5.07. The van der Waals surface area contributed by atoms with Gasteiger partial charge in [0.25, 0.3) is 0 Å². The molecule has 0 amide bonds. The van der Waals surface area contributed by atoms with Crippen LogP contribution in [-0.2, 0) is 16.1 Å². The molecule has 1 aromatic heterocycles. The fourth-order valence-electron chi connectivity index (χ4n) is 3.49. The van der Waals surface area contributed by atoms with Crippen LogP contribution in [0.1, 0.15) is 38.2 Å². The Hall–Kier alpha value is -2.28. The molecule has 1 aliphatic heterocycles. The molecule has 0 aliphatic carbocycles. The van der Waals surface area contributed by atoms with E-state index in [4.69, 9.17) is 4.74 Å². The molecule has 0 radical (unpaired) electrons. The highest BCUT2D eigenvalue weighted by atomic mass is 19.1. The van der Waals surface area contributed by atoms with E-state index in [2.05, 4.69) is 15.1 Å². The van der Waals surface area contributed by atoms with Gasteiger partial charge in [-0.05, 0) is 38.4 Å². The van der Waals surface area contributed by atoms with E-state index < -0.39 is 11.6 Å². The van der Waals surface area contributed by atoms with E-state index in [0.29, 0.717) is 25.3 Å². The van der Waals surface area contributed by atoms with Crippen LogP contribution >= 0.6 is 0 Å². The number of aromatic nitrogens is 2. The Morgan fingerprint density at radius 2 is 2.23 bits per heavy atom.